The summed E-state index contributed by atoms with van der Waals surface area (Å²) >= 11 is 0. The minimum absolute atomic E-state index is 0.0397. The van der Waals surface area contributed by atoms with E-state index < -0.39 is 0 Å². The van der Waals surface area contributed by atoms with Crippen molar-refractivity contribution < 1.29 is 19.1 Å². The molecule has 0 bridgehead atoms. The van der Waals surface area contributed by atoms with Crippen molar-refractivity contribution >= 4 is 11.9 Å². The minimum Gasteiger partial charge on any atom is -0.489 e. The SMILES string of the molecule is COC(=O)CCC1CCC(NC(=O)c2ccc(O[C@H]3CCC[C@@H]3N)cc2)CC1. The molecule has 0 unspecified atom stereocenters. The van der Waals surface area contributed by atoms with Gasteiger partial charge in [-0.2, -0.15) is 0 Å². The van der Waals surface area contributed by atoms with Crippen LogP contribution in [0.4, 0.5) is 0 Å². The number of rotatable bonds is 7. The Hall–Kier alpha value is -2.08. The summed E-state index contributed by atoms with van der Waals surface area (Å²) in [5, 5.41) is 3.14. The lowest BCUT2D eigenvalue weighted by Gasteiger charge is -2.29. The summed E-state index contributed by atoms with van der Waals surface area (Å²) in [5.74, 6) is 1.13. The van der Waals surface area contributed by atoms with Gasteiger partial charge in [0, 0.05) is 24.1 Å². The number of carbonyl (C=O) groups excluding carboxylic acids is 2. The molecule has 0 aromatic heterocycles. The second-order valence-corrected chi connectivity index (χ2v) is 8.08. The van der Waals surface area contributed by atoms with Crippen LogP contribution in [0.1, 0.15) is 68.1 Å². The van der Waals surface area contributed by atoms with Gasteiger partial charge < -0.3 is 20.5 Å². The molecular weight excluding hydrogens is 356 g/mol. The third kappa shape index (κ3) is 5.71. The molecule has 1 aromatic carbocycles. The molecule has 2 aliphatic carbocycles. The number of benzene rings is 1. The van der Waals surface area contributed by atoms with Crippen LogP contribution < -0.4 is 15.8 Å². The fourth-order valence-corrected chi connectivity index (χ4v) is 4.25. The van der Waals surface area contributed by atoms with Gasteiger partial charge in [-0.25, -0.2) is 0 Å². The normalized spacial score (nSPS) is 27.2. The molecule has 154 valence electrons. The van der Waals surface area contributed by atoms with Crippen molar-refractivity contribution in [2.45, 2.75) is 76.0 Å². The summed E-state index contributed by atoms with van der Waals surface area (Å²) in [6.07, 6.45) is 8.54. The Morgan fingerprint density at radius 3 is 2.39 bits per heavy atom. The van der Waals surface area contributed by atoms with E-state index in [1.807, 2.05) is 24.3 Å². The van der Waals surface area contributed by atoms with Gasteiger partial charge in [0.15, 0.2) is 0 Å². The smallest absolute Gasteiger partial charge is 0.305 e. The Kier molecular flexibility index (Phi) is 7.31. The average molecular weight is 389 g/mol. The van der Waals surface area contributed by atoms with E-state index in [9.17, 15) is 9.59 Å². The summed E-state index contributed by atoms with van der Waals surface area (Å²) in [6, 6.07) is 7.63. The van der Waals surface area contributed by atoms with E-state index in [2.05, 4.69) is 5.32 Å². The van der Waals surface area contributed by atoms with Crippen molar-refractivity contribution in [3.05, 3.63) is 29.8 Å². The van der Waals surface area contributed by atoms with Gasteiger partial charge in [-0.05, 0) is 81.5 Å². The summed E-state index contributed by atoms with van der Waals surface area (Å²) < 4.78 is 10.6. The summed E-state index contributed by atoms with van der Waals surface area (Å²) in [7, 11) is 1.43. The first-order chi connectivity index (χ1) is 13.5. The van der Waals surface area contributed by atoms with Crippen molar-refractivity contribution in [2.75, 3.05) is 7.11 Å². The molecule has 2 aliphatic rings. The largest absolute Gasteiger partial charge is 0.489 e. The molecule has 3 rings (SSSR count). The highest BCUT2D eigenvalue weighted by molar-refractivity contribution is 5.94. The maximum atomic E-state index is 12.5. The highest BCUT2D eigenvalue weighted by Gasteiger charge is 2.26. The number of hydrogen-bond acceptors (Lipinski definition) is 5. The number of ether oxygens (including phenoxy) is 2. The molecule has 3 N–H and O–H groups in total. The van der Waals surface area contributed by atoms with E-state index in [1.54, 1.807) is 0 Å². The van der Waals surface area contributed by atoms with E-state index in [0.29, 0.717) is 17.9 Å². The minimum atomic E-state index is -0.141. The summed E-state index contributed by atoms with van der Waals surface area (Å²) in [6.45, 7) is 0. The zero-order chi connectivity index (χ0) is 19.9. The summed E-state index contributed by atoms with van der Waals surface area (Å²) in [4.78, 5) is 23.8. The van der Waals surface area contributed by atoms with Crippen LogP contribution in [0, 0.1) is 5.92 Å². The van der Waals surface area contributed by atoms with Gasteiger partial charge in [0.05, 0.1) is 7.11 Å². The Morgan fingerprint density at radius 2 is 1.79 bits per heavy atom. The standard InChI is InChI=1S/C22H32N2O4/c1-27-21(25)14-7-15-5-10-17(11-6-15)24-22(26)16-8-12-18(13-9-16)28-20-4-2-3-19(20)23/h8-9,12-13,15,17,19-20H,2-7,10-11,14,23H2,1H3,(H,24,26)/t15?,17?,19-,20-/m0/s1. The highest BCUT2D eigenvalue weighted by atomic mass is 16.5. The van der Waals surface area contributed by atoms with Crippen LogP contribution in [0.3, 0.4) is 0 Å². The van der Waals surface area contributed by atoms with Crippen LogP contribution in [-0.4, -0.2) is 37.2 Å². The number of hydrogen-bond donors (Lipinski definition) is 2. The molecule has 0 radical (unpaired) electrons. The average Bonchev–Trinajstić information content (AvgIpc) is 3.12. The number of nitrogens with one attached hydrogen (secondary N) is 1. The van der Waals surface area contributed by atoms with Crippen LogP contribution in [0.2, 0.25) is 0 Å². The van der Waals surface area contributed by atoms with E-state index in [-0.39, 0.29) is 30.1 Å². The molecule has 2 fully saturated rings. The molecule has 2 saturated carbocycles. The lowest BCUT2D eigenvalue weighted by Crippen LogP contribution is -2.37. The van der Waals surface area contributed by atoms with Gasteiger partial charge in [0.25, 0.3) is 5.91 Å². The van der Waals surface area contributed by atoms with Gasteiger partial charge in [-0.15, -0.1) is 0 Å². The Labute approximate surface area is 167 Å². The Balaban J connectivity index is 1.42. The first kappa shape index (κ1) is 20.6. The zero-order valence-electron chi connectivity index (χ0n) is 16.7. The number of carbonyl (C=O) groups is 2. The molecule has 2 atom stereocenters. The number of methoxy groups -OCH3 is 1. The molecular formula is C22H32N2O4. The molecule has 0 saturated heterocycles. The van der Waals surface area contributed by atoms with Crippen LogP contribution >= 0.6 is 0 Å². The van der Waals surface area contributed by atoms with Crippen LogP contribution in [-0.2, 0) is 9.53 Å². The molecule has 0 aliphatic heterocycles. The molecule has 0 heterocycles. The maximum Gasteiger partial charge on any atom is 0.305 e. The predicted molar refractivity (Wildman–Crippen MR) is 107 cm³/mol. The van der Waals surface area contributed by atoms with Gasteiger partial charge in [-0.1, -0.05) is 0 Å². The Bertz CT molecular complexity index is 653. The molecule has 1 amide bonds. The topological polar surface area (TPSA) is 90.6 Å². The fourth-order valence-electron chi connectivity index (χ4n) is 4.25. The second-order valence-electron chi connectivity index (χ2n) is 8.08. The predicted octanol–water partition coefficient (Wildman–Crippen LogP) is 3.19. The quantitative estimate of drug-likeness (QED) is 0.700. The summed E-state index contributed by atoms with van der Waals surface area (Å²) in [5.41, 5.74) is 6.70. The van der Waals surface area contributed by atoms with Crippen molar-refractivity contribution in [3.63, 3.8) is 0 Å². The van der Waals surface area contributed by atoms with Gasteiger partial charge in [0.1, 0.15) is 11.9 Å². The molecule has 0 spiro atoms. The molecule has 6 heteroatoms. The first-order valence-corrected chi connectivity index (χ1v) is 10.4. The van der Waals surface area contributed by atoms with Crippen molar-refractivity contribution in [2.24, 2.45) is 11.7 Å². The number of nitrogens with two attached hydrogens (primary N) is 1. The zero-order valence-corrected chi connectivity index (χ0v) is 16.7. The molecule has 6 nitrogen and oxygen atoms in total. The van der Waals surface area contributed by atoms with E-state index in [1.165, 1.54) is 7.11 Å². The Morgan fingerprint density at radius 1 is 1.07 bits per heavy atom. The molecule has 1 aromatic rings. The van der Waals surface area contributed by atoms with Crippen LogP contribution in [0.15, 0.2) is 24.3 Å². The van der Waals surface area contributed by atoms with E-state index in [0.717, 1.165) is 57.1 Å². The number of esters is 1. The second kappa shape index (κ2) is 9.92. The van der Waals surface area contributed by atoms with Gasteiger partial charge in [0.2, 0.25) is 0 Å². The third-order valence-corrected chi connectivity index (χ3v) is 6.07. The van der Waals surface area contributed by atoms with Crippen molar-refractivity contribution in [1.82, 2.24) is 5.32 Å². The monoisotopic (exact) mass is 388 g/mol. The molecule has 28 heavy (non-hydrogen) atoms. The lowest BCUT2D eigenvalue weighted by molar-refractivity contribution is -0.141. The third-order valence-electron chi connectivity index (χ3n) is 6.07. The van der Waals surface area contributed by atoms with Crippen LogP contribution in [0.25, 0.3) is 0 Å². The highest BCUT2D eigenvalue weighted by Crippen LogP contribution is 2.28. The van der Waals surface area contributed by atoms with Crippen molar-refractivity contribution in [1.29, 1.82) is 0 Å². The van der Waals surface area contributed by atoms with E-state index >= 15 is 0 Å². The number of amides is 1. The maximum absolute atomic E-state index is 12.5. The van der Waals surface area contributed by atoms with Gasteiger partial charge in [-0.3, -0.25) is 9.59 Å². The van der Waals surface area contributed by atoms with Gasteiger partial charge >= 0.3 is 5.97 Å². The van der Waals surface area contributed by atoms with E-state index in [4.69, 9.17) is 15.2 Å². The fraction of sp³-hybridized carbons (Fsp3) is 0.636. The van der Waals surface area contributed by atoms with Crippen molar-refractivity contribution in [3.8, 4) is 5.75 Å². The lowest BCUT2D eigenvalue weighted by atomic mass is 9.83. The van der Waals surface area contributed by atoms with Crippen LogP contribution in [0.5, 0.6) is 5.75 Å². The first-order valence-electron chi connectivity index (χ1n) is 10.4.